The average molecular weight is 279 g/mol. The highest BCUT2D eigenvalue weighted by atomic mass is 32.1. The Morgan fingerprint density at radius 3 is 2.84 bits per heavy atom. The van der Waals surface area contributed by atoms with Crippen molar-refractivity contribution < 1.29 is 0 Å². The van der Waals surface area contributed by atoms with Crippen molar-refractivity contribution in [3.8, 4) is 0 Å². The highest BCUT2D eigenvalue weighted by Gasteiger charge is 2.22. The minimum absolute atomic E-state index is 0.143. The summed E-state index contributed by atoms with van der Waals surface area (Å²) in [7, 11) is 0. The highest BCUT2D eigenvalue weighted by molar-refractivity contribution is 7.09. The van der Waals surface area contributed by atoms with Crippen LogP contribution in [0.4, 0.5) is 0 Å². The fourth-order valence-electron chi connectivity index (χ4n) is 1.95. The van der Waals surface area contributed by atoms with E-state index in [4.69, 9.17) is 4.98 Å². The SMILES string of the molecule is C=CCN(Cc1csc(CNC2CC2)n1)C(C)(C)C. The summed E-state index contributed by atoms with van der Waals surface area (Å²) in [6.07, 6.45) is 4.62. The molecule has 0 unspecified atom stereocenters. The van der Waals surface area contributed by atoms with Gasteiger partial charge in [-0.3, -0.25) is 4.90 Å². The van der Waals surface area contributed by atoms with Crippen LogP contribution in [-0.2, 0) is 13.1 Å². The summed E-state index contributed by atoms with van der Waals surface area (Å²) in [5.74, 6) is 0. The molecule has 1 aromatic rings. The molecule has 1 N–H and O–H groups in total. The lowest BCUT2D eigenvalue weighted by atomic mass is 10.1. The average Bonchev–Trinajstić information content (AvgIpc) is 3.05. The zero-order valence-electron chi connectivity index (χ0n) is 12.3. The Hall–Kier alpha value is -0.710. The molecule has 1 aromatic heterocycles. The third-order valence-corrected chi connectivity index (χ3v) is 4.27. The molecule has 1 aliphatic carbocycles. The molecular weight excluding hydrogens is 254 g/mol. The Bertz CT molecular complexity index is 415. The fraction of sp³-hybridized carbons (Fsp3) is 0.667. The molecule has 19 heavy (non-hydrogen) atoms. The van der Waals surface area contributed by atoms with Crippen molar-refractivity contribution in [2.45, 2.75) is 58.3 Å². The van der Waals surface area contributed by atoms with Crippen molar-refractivity contribution in [1.29, 1.82) is 0 Å². The molecule has 1 saturated carbocycles. The van der Waals surface area contributed by atoms with E-state index in [0.29, 0.717) is 0 Å². The first-order valence-corrected chi connectivity index (χ1v) is 7.89. The number of hydrogen-bond acceptors (Lipinski definition) is 4. The Kier molecular flexibility index (Phi) is 4.76. The summed E-state index contributed by atoms with van der Waals surface area (Å²) in [6, 6.07) is 0.749. The molecule has 2 rings (SSSR count). The van der Waals surface area contributed by atoms with E-state index in [1.165, 1.54) is 23.5 Å². The summed E-state index contributed by atoms with van der Waals surface area (Å²) < 4.78 is 0. The first-order chi connectivity index (χ1) is 8.99. The first kappa shape index (κ1) is 14.7. The maximum Gasteiger partial charge on any atom is 0.107 e. The minimum Gasteiger partial charge on any atom is -0.308 e. The molecule has 0 saturated heterocycles. The Balaban J connectivity index is 1.90. The van der Waals surface area contributed by atoms with E-state index in [1.807, 2.05) is 6.08 Å². The van der Waals surface area contributed by atoms with Gasteiger partial charge in [0.15, 0.2) is 0 Å². The van der Waals surface area contributed by atoms with Crippen molar-refractivity contribution in [2.75, 3.05) is 6.54 Å². The number of rotatable bonds is 7. The van der Waals surface area contributed by atoms with Gasteiger partial charge in [-0.1, -0.05) is 6.08 Å². The number of hydrogen-bond donors (Lipinski definition) is 1. The molecule has 0 amide bonds. The maximum atomic E-state index is 4.73. The second-order valence-electron chi connectivity index (χ2n) is 6.23. The second kappa shape index (κ2) is 6.16. The van der Waals surface area contributed by atoms with E-state index < -0.39 is 0 Å². The van der Waals surface area contributed by atoms with Crippen LogP contribution in [0.25, 0.3) is 0 Å². The quantitative estimate of drug-likeness (QED) is 0.777. The van der Waals surface area contributed by atoms with Crippen molar-refractivity contribution in [1.82, 2.24) is 15.2 Å². The molecule has 1 fully saturated rings. The number of thiazole rings is 1. The van der Waals surface area contributed by atoms with E-state index in [2.05, 4.69) is 42.9 Å². The molecule has 0 bridgehead atoms. The lowest BCUT2D eigenvalue weighted by Crippen LogP contribution is -2.40. The Morgan fingerprint density at radius 1 is 1.53 bits per heavy atom. The molecule has 3 nitrogen and oxygen atoms in total. The predicted octanol–water partition coefficient (Wildman–Crippen LogP) is 3.18. The summed E-state index contributed by atoms with van der Waals surface area (Å²) in [6.45, 7) is 13.3. The van der Waals surface area contributed by atoms with Gasteiger partial charge in [-0.25, -0.2) is 4.98 Å². The van der Waals surface area contributed by atoms with E-state index in [9.17, 15) is 0 Å². The Morgan fingerprint density at radius 2 is 2.26 bits per heavy atom. The largest absolute Gasteiger partial charge is 0.308 e. The van der Waals surface area contributed by atoms with Gasteiger partial charge in [0.05, 0.1) is 5.69 Å². The predicted molar refractivity (Wildman–Crippen MR) is 82.3 cm³/mol. The molecule has 0 aliphatic heterocycles. The topological polar surface area (TPSA) is 28.2 Å². The normalized spacial score (nSPS) is 16.0. The monoisotopic (exact) mass is 279 g/mol. The van der Waals surface area contributed by atoms with Gasteiger partial charge >= 0.3 is 0 Å². The fourth-order valence-corrected chi connectivity index (χ4v) is 2.68. The van der Waals surface area contributed by atoms with Crippen LogP contribution in [0, 0.1) is 0 Å². The summed E-state index contributed by atoms with van der Waals surface area (Å²) in [5, 5.41) is 6.90. The molecule has 4 heteroatoms. The van der Waals surface area contributed by atoms with Gasteiger partial charge in [0.25, 0.3) is 0 Å². The van der Waals surface area contributed by atoms with Crippen LogP contribution in [-0.4, -0.2) is 28.0 Å². The van der Waals surface area contributed by atoms with Crippen LogP contribution in [0.2, 0.25) is 0 Å². The van der Waals surface area contributed by atoms with Crippen molar-refractivity contribution >= 4 is 11.3 Å². The van der Waals surface area contributed by atoms with Crippen molar-refractivity contribution in [3.63, 3.8) is 0 Å². The van der Waals surface area contributed by atoms with Gasteiger partial charge in [-0.2, -0.15) is 0 Å². The second-order valence-corrected chi connectivity index (χ2v) is 7.17. The summed E-state index contributed by atoms with van der Waals surface area (Å²) in [4.78, 5) is 7.12. The molecule has 0 spiro atoms. The molecule has 106 valence electrons. The standard InChI is InChI=1S/C15H25N3S/c1-5-8-18(15(2,3)4)10-13-11-19-14(17-13)9-16-12-6-7-12/h5,11-12,16H,1,6-10H2,2-4H3. The Labute approximate surface area is 120 Å². The molecule has 0 radical (unpaired) electrons. The van der Waals surface area contributed by atoms with E-state index in [1.54, 1.807) is 11.3 Å². The summed E-state index contributed by atoms with van der Waals surface area (Å²) >= 11 is 1.76. The van der Waals surface area contributed by atoms with Crippen LogP contribution in [0.5, 0.6) is 0 Å². The highest BCUT2D eigenvalue weighted by Crippen LogP contribution is 2.21. The van der Waals surface area contributed by atoms with E-state index >= 15 is 0 Å². The lowest BCUT2D eigenvalue weighted by molar-refractivity contribution is 0.144. The van der Waals surface area contributed by atoms with Gasteiger partial charge in [-0.15, -0.1) is 17.9 Å². The molecule has 0 atom stereocenters. The van der Waals surface area contributed by atoms with Crippen molar-refractivity contribution in [3.05, 3.63) is 28.7 Å². The van der Waals surface area contributed by atoms with Crippen LogP contribution in [0.3, 0.4) is 0 Å². The molecule has 1 aliphatic rings. The van der Waals surface area contributed by atoms with E-state index in [-0.39, 0.29) is 5.54 Å². The van der Waals surface area contributed by atoms with Gasteiger partial charge < -0.3 is 5.32 Å². The van der Waals surface area contributed by atoms with Crippen LogP contribution >= 0.6 is 11.3 Å². The third kappa shape index (κ3) is 4.71. The number of aromatic nitrogens is 1. The third-order valence-electron chi connectivity index (χ3n) is 3.37. The smallest absolute Gasteiger partial charge is 0.107 e. The molecule has 1 heterocycles. The first-order valence-electron chi connectivity index (χ1n) is 7.01. The maximum absolute atomic E-state index is 4.73. The lowest BCUT2D eigenvalue weighted by Gasteiger charge is -2.34. The minimum atomic E-state index is 0.143. The number of nitrogens with zero attached hydrogens (tertiary/aromatic N) is 2. The van der Waals surface area contributed by atoms with Crippen molar-refractivity contribution in [2.24, 2.45) is 0 Å². The van der Waals surface area contributed by atoms with Crippen LogP contribution in [0.1, 0.15) is 44.3 Å². The van der Waals surface area contributed by atoms with E-state index in [0.717, 1.165) is 25.7 Å². The zero-order valence-corrected chi connectivity index (χ0v) is 13.1. The van der Waals surface area contributed by atoms with Crippen LogP contribution < -0.4 is 5.32 Å². The van der Waals surface area contributed by atoms with Gasteiger partial charge in [0.1, 0.15) is 5.01 Å². The van der Waals surface area contributed by atoms with Crippen LogP contribution in [0.15, 0.2) is 18.0 Å². The molecular formula is C15H25N3S. The van der Waals surface area contributed by atoms with Gasteiger partial charge in [0, 0.05) is 36.6 Å². The zero-order chi connectivity index (χ0) is 13.9. The molecule has 0 aromatic carbocycles. The summed E-state index contributed by atoms with van der Waals surface area (Å²) in [5.41, 5.74) is 1.32. The number of nitrogens with one attached hydrogen (secondary N) is 1. The van der Waals surface area contributed by atoms with Gasteiger partial charge in [-0.05, 0) is 33.6 Å². The van der Waals surface area contributed by atoms with Gasteiger partial charge in [0.2, 0.25) is 0 Å².